The summed E-state index contributed by atoms with van der Waals surface area (Å²) in [5.41, 5.74) is 5.23. The molecule has 0 bridgehead atoms. The molecule has 0 spiro atoms. The highest BCUT2D eigenvalue weighted by molar-refractivity contribution is 6.03. The maximum atomic E-state index is 14.3. The van der Waals surface area contributed by atoms with Gasteiger partial charge in [0.1, 0.15) is 5.69 Å². The van der Waals surface area contributed by atoms with Crippen molar-refractivity contribution in [2.75, 3.05) is 0 Å². The molecule has 30 heavy (non-hydrogen) atoms. The number of primary amides is 1. The van der Waals surface area contributed by atoms with E-state index in [1.165, 1.54) is 18.3 Å². The molecule has 0 saturated heterocycles. The molecule has 162 valence electrons. The molecule has 1 amide bonds. The second-order valence-corrected chi connectivity index (χ2v) is 8.60. The summed E-state index contributed by atoms with van der Waals surface area (Å²) in [4.78, 5) is 31.2. The van der Waals surface area contributed by atoms with Gasteiger partial charge >= 0.3 is 0 Å². The summed E-state index contributed by atoms with van der Waals surface area (Å²) in [6.45, 7) is 0. The third-order valence-corrected chi connectivity index (χ3v) is 6.64. The number of amides is 1. The highest BCUT2D eigenvalue weighted by Crippen LogP contribution is 2.51. The van der Waals surface area contributed by atoms with Crippen molar-refractivity contribution in [1.29, 1.82) is 0 Å². The molecule has 2 fully saturated rings. The lowest BCUT2D eigenvalue weighted by molar-refractivity contribution is -0.0840. The number of halogens is 4. The Hall–Kier alpha value is -2.45. The summed E-state index contributed by atoms with van der Waals surface area (Å²) < 4.78 is 55.8. The molecular formula is C21H23F4N3O2. The van der Waals surface area contributed by atoms with Gasteiger partial charge in [0.25, 0.3) is 5.91 Å². The Balaban J connectivity index is 1.74. The highest BCUT2D eigenvalue weighted by atomic mass is 19.3. The van der Waals surface area contributed by atoms with Crippen LogP contribution in [-0.4, -0.2) is 27.7 Å². The van der Waals surface area contributed by atoms with Crippen molar-refractivity contribution in [3.8, 4) is 0 Å². The number of hydrogen-bond acceptors (Lipinski definition) is 3. The van der Waals surface area contributed by atoms with E-state index in [9.17, 15) is 27.2 Å². The first kappa shape index (κ1) is 20.8. The Labute approximate surface area is 170 Å². The molecule has 0 aliphatic heterocycles. The van der Waals surface area contributed by atoms with Crippen LogP contribution < -0.4 is 11.2 Å². The number of carbonyl (C=O) groups is 1. The van der Waals surface area contributed by atoms with E-state index in [0.717, 1.165) is 0 Å². The second kappa shape index (κ2) is 7.35. The van der Waals surface area contributed by atoms with Crippen LogP contribution in [0.25, 0.3) is 10.9 Å². The first-order valence-corrected chi connectivity index (χ1v) is 10.1. The van der Waals surface area contributed by atoms with E-state index >= 15 is 0 Å². The predicted molar refractivity (Wildman–Crippen MR) is 103 cm³/mol. The Morgan fingerprint density at radius 2 is 1.77 bits per heavy atom. The average Bonchev–Trinajstić information content (AvgIpc) is 2.67. The van der Waals surface area contributed by atoms with Crippen LogP contribution in [0.15, 0.2) is 23.1 Å². The van der Waals surface area contributed by atoms with Crippen LogP contribution >= 0.6 is 0 Å². The van der Waals surface area contributed by atoms with Crippen molar-refractivity contribution >= 4 is 16.8 Å². The van der Waals surface area contributed by atoms with Gasteiger partial charge in [-0.05, 0) is 37.2 Å². The van der Waals surface area contributed by atoms with Crippen LogP contribution in [0.2, 0.25) is 0 Å². The van der Waals surface area contributed by atoms with E-state index in [-0.39, 0.29) is 61.4 Å². The van der Waals surface area contributed by atoms with Gasteiger partial charge in [-0.15, -0.1) is 0 Å². The van der Waals surface area contributed by atoms with Crippen molar-refractivity contribution in [3.63, 3.8) is 0 Å². The topological polar surface area (TPSA) is 88.8 Å². The van der Waals surface area contributed by atoms with E-state index in [1.807, 2.05) is 0 Å². The number of aromatic nitrogens is 2. The number of alkyl halides is 4. The molecule has 0 radical (unpaired) electrons. The van der Waals surface area contributed by atoms with Crippen molar-refractivity contribution in [2.45, 2.75) is 62.7 Å². The van der Waals surface area contributed by atoms with Gasteiger partial charge in [0.2, 0.25) is 11.8 Å². The van der Waals surface area contributed by atoms with Gasteiger partial charge in [-0.3, -0.25) is 14.6 Å². The molecule has 2 heterocycles. The van der Waals surface area contributed by atoms with Gasteiger partial charge in [0.15, 0.2) is 5.43 Å². The van der Waals surface area contributed by atoms with Crippen LogP contribution in [0.1, 0.15) is 67.0 Å². The number of rotatable bonds is 3. The summed E-state index contributed by atoms with van der Waals surface area (Å²) in [5.74, 6) is -7.41. The lowest BCUT2D eigenvalue weighted by Crippen LogP contribution is -2.38. The molecule has 5 nitrogen and oxygen atoms in total. The Morgan fingerprint density at radius 1 is 1.10 bits per heavy atom. The smallest absolute Gasteiger partial charge is 0.268 e. The molecule has 2 aliphatic rings. The fraction of sp³-hybridized carbons (Fsp3) is 0.571. The number of H-pyrrole nitrogens is 1. The van der Waals surface area contributed by atoms with Gasteiger partial charge in [0, 0.05) is 49.6 Å². The minimum absolute atomic E-state index is 0.0187. The third kappa shape index (κ3) is 3.94. The van der Waals surface area contributed by atoms with Crippen molar-refractivity contribution in [2.24, 2.45) is 17.6 Å². The fourth-order valence-electron chi connectivity index (χ4n) is 5.16. The number of fused-ring (bicyclic) bond motifs is 1. The number of nitrogens with two attached hydrogens (primary N) is 1. The van der Waals surface area contributed by atoms with E-state index in [0.29, 0.717) is 11.2 Å². The monoisotopic (exact) mass is 425 g/mol. The lowest BCUT2D eigenvalue weighted by atomic mass is 9.65. The SMILES string of the molecule is NC(=O)c1nccc2[nH]c([C@@H]3CC(F)(F)CC[C@H]3C3CCC(F)(F)CC3)cc(=O)c12. The second-order valence-electron chi connectivity index (χ2n) is 8.60. The summed E-state index contributed by atoms with van der Waals surface area (Å²) in [7, 11) is 0. The van der Waals surface area contributed by atoms with E-state index in [1.54, 1.807) is 0 Å². The van der Waals surface area contributed by atoms with Crippen LogP contribution in [0.3, 0.4) is 0 Å². The van der Waals surface area contributed by atoms with Crippen LogP contribution in [0.5, 0.6) is 0 Å². The van der Waals surface area contributed by atoms with Gasteiger partial charge in [-0.25, -0.2) is 17.6 Å². The summed E-state index contributed by atoms with van der Waals surface area (Å²) in [6, 6.07) is 2.72. The largest absolute Gasteiger partial charge is 0.364 e. The number of hydrogen-bond donors (Lipinski definition) is 2. The molecule has 0 aromatic carbocycles. The molecule has 2 aliphatic carbocycles. The average molecular weight is 425 g/mol. The lowest BCUT2D eigenvalue weighted by Gasteiger charge is -2.42. The standard InChI is InChI=1S/C21H23F4N3O2/c22-20(23)5-1-11(2-6-20)12-3-7-21(24,25)10-13(12)15-9-16(29)17-14(28-15)4-8-27-18(17)19(26)30/h4,8-9,11-13H,1-3,5-7,10H2,(H2,26,30)(H,28,29)/t12-,13+/m0/s1. The Bertz CT molecular complexity index is 1030. The number of pyridine rings is 2. The normalized spacial score (nSPS) is 26.5. The molecular weight excluding hydrogens is 402 g/mol. The summed E-state index contributed by atoms with van der Waals surface area (Å²) >= 11 is 0. The fourth-order valence-corrected chi connectivity index (χ4v) is 5.16. The van der Waals surface area contributed by atoms with Gasteiger partial charge < -0.3 is 10.7 Å². The van der Waals surface area contributed by atoms with E-state index in [2.05, 4.69) is 9.97 Å². The molecule has 2 saturated carbocycles. The first-order chi connectivity index (χ1) is 14.1. The predicted octanol–water partition coefficient (Wildman–Crippen LogP) is 4.37. The number of carbonyl (C=O) groups excluding carboxylic acids is 1. The number of nitrogens with one attached hydrogen (secondary N) is 1. The van der Waals surface area contributed by atoms with Crippen LogP contribution in [-0.2, 0) is 0 Å². The summed E-state index contributed by atoms with van der Waals surface area (Å²) in [6.07, 6.45) is 0.905. The van der Waals surface area contributed by atoms with Crippen molar-refractivity contribution in [3.05, 3.63) is 39.9 Å². The minimum atomic E-state index is -2.89. The molecule has 0 unspecified atom stereocenters. The first-order valence-electron chi connectivity index (χ1n) is 10.1. The zero-order valence-corrected chi connectivity index (χ0v) is 16.3. The quantitative estimate of drug-likeness (QED) is 0.716. The van der Waals surface area contributed by atoms with Gasteiger partial charge in [-0.1, -0.05) is 0 Å². The van der Waals surface area contributed by atoms with Gasteiger partial charge in [0.05, 0.1) is 10.9 Å². The van der Waals surface area contributed by atoms with E-state index < -0.39 is 35.5 Å². The highest BCUT2D eigenvalue weighted by Gasteiger charge is 2.47. The molecule has 4 rings (SSSR count). The number of nitrogens with zero attached hydrogens (tertiary/aromatic N) is 1. The Kier molecular flexibility index (Phi) is 5.10. The Morgan fingerprint density at radius 3 is 2.43 bits per heavy atom. The molecule has 2 aromatic rings. The molecule has 2 aromatic heterocycles. The maximum Gasteiger partial charge on any atom is 0.268 e. The summed E-state index contributed by atoms with van der Waals surface area (Å²) in [5, 5.41) is 0.0187. The van der Waals surface area contributed by atoms with Crippen LogP contribution in [0.4, 0.5) is 17.6 Å². The number of aromatic amines is 1. The zero-order chi connectivity index (χ0) is 21.7. The maximum absolute atomic E-state index is 14.3. The zero-order valence-electron chi connectivity index (χ0n) is 16.3. The molecule has 9 heteroatoms. The third-order valence-electron chi connectivity index (χ3n) is 6.64. The molecule has 3 N–H and O–H groups in total. The molecule has 2 atom stereocenters. The minimum Gasteiger partial charge on any atom is -0.364 e. The van der Waals surface area contributed by atoms with Crippen molar-refractivity contribution < 1.29 is 22.4 Å². The van der Waals surface area contributed by atoms with E-state index in [4.69, 9.17) is 5.73 Å². The van der Waals surface area contributed by atoms with Crippen LogP contribution in [0, 0.1) is 11.8 Å². The van der Waals surface area contributed by atoms with Crippen molar-refractivity contribution in [1.82, 2.24) is 9.97 Å². The van der Waals surface area contributed by atoms with Gasteiger partial charge in [-0.2, -0.15) is 0 Å².